The van der Waals surface area contributed by atoms with Crippen LogP contribution in [-0.2, 0) is 32.7 Å². The fourth-order valence-corrected chi connectivity index (χ4v) is 0.762. The molecule has 1 aromatic carbocycles. The van der Waals surface area contributed by atoms with Crippen molar-refractivity contribution in [3.63, 3.8) is 0 Å². The molecule has 0 saturated heterocycles. The van der Waals surface area contributed by atoms with Crippen LogP contribution in [-0.4, -0.2) is 16.2 Å². The van der Waals surface area contributed by atoms with Crippen LogP contribution in [0.4, 0.5) is 0 Å². The van der Waals surface area contributed by atoms with Crippen LogP contribution in [0.5, 0.6) is 5.75 Å². The maximum absolute atomic E-state index is 10.4. The maximum Gasteiger partial charge on any atom is 0.282 e. The number of hydrogen-bond donors (Lipinski definition) is 2. The predicted octanol–water partition coefficient (Wildman–Crippen LogP) is 1.20. The van der Waals surface area contributed by atoms with Crippen molar-refractivity contribution in [1.29, 1.82) is 0 Å². The van der Waals surface area contributed by atoms with E-state index in [1.54, 1.807) is 6.92 Å². The van der Waals surface area contributed by atoms with Gasteiger partial charge in [-0.05, 0) is 5.56 Å². The van der Waals surface area contributed by atoms with Gasteiger partial charge in [-0.25, -0.2) is 0 Å². The van der Waals surface area contributed by atoms with Crippen LogP contribution in [0.2, 0.25) is 0 Å². The molecule has 0 aliphatic heterocycles. The molecule has 0 heterocycles. The second-order valence-electron chi connectivity index (χ2n) is 2.21. The Hall–Kier alpha value is -0.406. The summed E-state index contributed by atoms with van der Waals surface area (Å²) in [7, 11) is 0. The van der Waals surface area contributed by atoms with Gasteiger partial charge in [0.15, 0.2) is 0 Å². The summed E-state index contributed by atoms with van der Waals surface area (Å²) in [5, 5.41) is 17.7. The summed E-state index contributed by atoms with van der Waals surface area (Å²) in [5.74, 6) is -1.32. The molecule has 12 heavy (non-hydrogen) atoms. The van der Waals surface area contributed by atoms with E-state index in [1.807, 2.05) is 0 Å². The molecule has 2 N–H and O–H groups in total. The molecule has 0 fully saturated rings. The first-order valence-electron chi connectivity index (χ1n) is 3.06. The van der Waals surface area contributed by atoms with Crippen LogP contribution in [0, 0.1) is 13.0 Å². The van der Waals surface area contributed by atoms with Crippen LogP contribution in [0.3, 0.4) is 0 Å². The fourth-order valence-electron chi connectivity index (χ4n) is 0.762. The van der Waals surface area contributed by atoms with Crippen molar-refractivity contribution in [3.8, 4) is 5.75 Å². The van der Waals surface area contributed by atoms with Gasteiger partial charge in [-0.3, -0.25) is 4.79 Å². The summed E-state index contributed by atoms with van der Waals surface area (Å²) >= 11 is 0. The smallest absolute Gasteiger partial charge is 0.282 e. The molecule has 0 spiro atoms. The molecule has 0 aromatic heterocycles. The maximum atomic E-state index is 10.4. The summed E-state index contributed by atoms with van der Waals surface area (Å²) in [6.45, 7) is 1.62. The largest absolute Gasteiger partial charge is 0.532 e. The topological polar surface area (TPSA) is 57.5 Å². The molecule has 0 bridgehead atoms. The molecule has 0 aliphatic carbocycles. The zero-order valence-electron chi connectivity index (χ0n) is 6.53. The molecule has 0 amide bonds. The Morgan fingerprint density at radius 3 is 2.50 bits per heavy atom. The Labute approximate surface area is 95.3 Å². The van der Waals surface area contributed by atoms with Crippen molar-refractivity contribution in [2.45, 2.75) is 6.92 Å². The van der Waals surface area contributed by atoms with Crippen molar-refractivity contribution < 1.29 is 47.7 Å². The van der Waals surface area contributed by atoms with E-state index in [1.165, 1.54) is 12.1 Å². The Kier molecular flexibility index (Phi) is 4.42. The Morgan fingerprint density at radius 1 is 1.50 bits per heavy atom. The molecule has 1 aromatic rings. The standard InChI is InChI=1S/C8H7O3.Y/c1-5-3-2-4-6(7(5)9)8(10)11;/h3-4,9H,1H3,(H,10,11);/q-1;. The minimum absolute atomic E-state index is 0. The second-order valence-corrected chi connectivity index (χ2v) is 2.21. The van der Waals surface area contributed by atoms with Crippen LogP contribution < -0.4 is 0 Å². The van der Waals surface area contributed by atoms with Gasteiger partial charge in [0.25, 0.3) is 5.97 Å². The van der Waals surface area contributed by atoms with Crippen molar-refractivity contribution in [2.24, 2.45) is 0 Å². The second kappa shape index (κ2) is 4.58. The number of phenols is 1. The number of carboxylic acids is 1. The van der Waals surface area contributed by atoms with Crippen molar-refractivity contribution in [3.05, 3.63) is 29.3 Å². The van der Waals surface area contributed by atoms with Gasteiger partial charge in [0.1, 0.15) is 0 Å². The van der Waals surface area contributed by atoms with Crippen LogP contribution in [0.25, 0.3) is 0 Å². The molecule has 61 valence electrons. The van der Waals surface area contributed by atoms with Gasteiger partial charge in [0.2, 0.25) is 0 Å². The van der Waals surface area contributed by atoms with E-state index in [2.05, 4.69) is 6.07 Å². The van der Waals surface area contributed by atoms with Gasteiger partial charge in [0.05, 0.1) is 0 Å². The van der Waals surface area contributed by atoms with Gasteiger partial charge in [-0.1, -0.05) is 6.92 Å². The molecular weight excluding hydrogens is 233 g/mol. The first kappa shape index (κ1) is 11.6. The zero-order chi connectivity index (χ0) is 8.43. The molecule has 1 radical (unpaired) electrons. The predicted molar refractivity (Wildman–Crippen MR) is 38.6 cm³/mol. The van der Waals surface area contributed by atoms with Gasteiger partial charge < -0.3 is 10.2 Å². The van der Waals surface area contributed by atoms with Gasteiger partial charge in [-0.15, -0.1) is 5.56 Å². The van der Waals surface area contributed by atoms with Crippen LogP contribution in [0.15, 0.2) is 12.1 Å². The number of carboxylic acid groups (broad SMARTS) is 1. The Bertz CT molecular complexity index is 296. The number of aromatic hydroxyl groups is 1. The molecule has 4 heteroatoms. The summed E-state index contributed by atoms with van der Waals surface area (Å²) in [6.07, 6.45) is 0. The average Bonchev–Trinajstić information content (AvgIpc) is 1.94. The number of carbonyl (C=O) groups is 1. The molecule has 0 atom stereocenters. The number of rotatable bonds is 1. The molecule has 0 saturated carbocycles. The number of hydrogen-bond acceptors (Lipinski definition) is 2. The molecule has 0 aliphatic rings. The normalized spacial score (nSPS) is 8.75. The first-order valence-corrected chi connectivity index (χ1v) is 3.06. The van der Waals surface area contributed by atoms with Crippen molar-refractivity contribution in [2.75, 3.05) is 0 Å². The van der Waals surface area contributed by atoms with Crippen LogP contribution in [0.1, 0.15) is 15.9 Å². The Morgan fingerprint density at radius 2 is 2.08 bits per heavy atom. The monoisotopic (exact) mass is 240 g/mol. The third-order valence-corrected chi connectivity index (χ3v) is 1.39. The van der Waals surface area contributed by atoms with E-state index in [0.717, 1.165) is 0 Å². The SMILES string of the molecule is Cc1c[c-]cc(C(=O)O)c1O.[Y]. The zero-order valence-corrected chi connectivity index (χ0v) is 9.37. The van der Waals surface area contributed by atoms with Gasteiger partial charge >= 0.3 is 0 Å². The fraction of sp³-hybridized carbons (Fsp3) is 0.125. The number of benzene rings is 1. The van der Waals surface area contributed by atoms with E-state index < -0.39 is 5.97 Å². The minimum Gasteiger partial charge on any atom is -0.532 e. The van der Waals surface area contributed by atoms with E-state index in [-0.39, 0.29) is 44.0 Å². The first-order chi connectivity index (χ1) is 5.13. The number of aryl methyl sites for hydroxylation is 1. The number of aromatic carboxylic acids is 1. The van der Waals surface area contributed by atoms with Gasteiger partial charge in [-0.2, -0.15) is 18.2 Å². The van der Waals surface area contributed by atoms with E-state index in [4.69, 9.17) is 10.2 Å². The molecule has 1 rings (SSSR count). The molecule has 3 nitrogen and oxygen atoms in total. The summed E-state index contributed by atoms with van der Waals surface area (Å²) in [5.41, 5.74) is 0.412. The quantitative estimate of drug-likeness (QED) is 0.725. The van der Waals surface area contributed by atoms with E-state index in [0.29, 0.717) is 5.56 Å². The summed E-state index contributed by atoms with van der Waals surface area (Å²) in [6, 6.07) is 5.38. The average molecular weight is 240 g/mol. The van der Waals surface area contributed by atoms with Crippen molar-refractivity contribution >= 4 is 5.97 Å². The third kappa shape index (κ3) is 2.29. The molecular formula is C8H7O3Y-. The summed E-state index contributed by atoms with van der Waals surface area (Å²) in [4.78, 5) is 10.4. The molecule has 0 unspecified atom stereocenters. The minimum atomic E-state index is -1.14. The Balaban J connectivity index is 0.00000121. The van der Waals surface area contributed by atoms with E-state index in [9.17, 15) is 4.79 Å². The van der Waals surface area contributed by atoms with E-state index >= 15 is 0 Å². The van der Waals surface area contributed by atoms with Gasteiger partial charge in [0, 0.05) is 38.5 Å². The third-order valence-electron chi connectivity index (χ3n) is 1.39. The van der Waals surface area contributed by atoms with Crippen molar-refractivity contribution in [1.82, 2.24) is 0 Å². The van der Waals surface area contributed by atoms with Crippen LogP contribution >= 0.6 is 0 Å². The summed E-state index contributed by atoms with van der Waals surface area (Å²) < 4.78 is 0.